The van der Waals surface area contributed by atoms with E-state index in [0.717, 1.165) is 45.4 Å². The average molecular weight is 359 g/mol. The van der Waals surface area contributed by atoms with Gasteiger partial charge in [0, 0.05) is 18.6 Å². The summed E-state index contributed by atoms with van der Waals surface area (Å²) < 4.78 is 6.06. The summed E-state index contributed by atoms with van der Waals surface area (Å²) in [5.41, 5.74) is 4.21. The minimum Gasteiger partial charge on any atom is -0.457 e. The van der Waals surface area contributed by atoms with Crippen LogP contribution in [0.5, 0.6) is 11.5 Å². The summed E-state index contributed by atoms with van der Waals surface area (Å²) in [6.45, 7) is 11.3. The zero-order valence-electron chi connectivity index (χ0n) is 15.9. The number of ether oxygens (including phenoxy) is 1. The molecular weight excluding hydrogens is 332 g/mol. The van der Waals surface area contributed by atoms with Crippen molar-refractivity contribution in [3.05, 3.63) is 52.0 Å². The van der Waals surface area contributed by atoms with Crippen LogP contribution in [0.4, 0.5) is 5.69 Å². The first-order valence-electron chi connectivity index (χ1n) is 8.64. The summed E-state index contributed by atoms with van der Waals surface area (Å²) in [5, 5.41) is 0.741. The van der Waals surface area contributed by atoms with E-state index in [-0.39, 0.29) is 0 Å². The van der Waals surface area contributed by atoms with Gasteiger partial charge in [0.1, 0.15) is 11.5 Å². The second-order valence-electron chi connectivity index (χ2n) is 6.66. The molecule has 4 heteroatoms. The van der Waals surface area contributed by atoms with Crippen molar-refractivity contribution < 1.29 is 4.74 Å². The molecule has 0 saturated heterocycles. The SMILES string of the molecule is CCN(C)C=Nc1cc(C)c(Oc2ccc(C(C)C)c(Cl)c2)cc1C. The van der Waals surface area contributed by atoms with Crippen LogP contribution >= 0.6 is 11.6 Å². The van der Waals surface area contributed by atoms with E-state index < -0.39 is 0 Å². The van der Waals surface area contributed by atoms with Crippen LogP contribution in [0, 0.1) is 13.8 Å². The molecule has 3 nitrogen and oxygen atoms in total. The van der Waals surface area contributed by atoms with Gasteiger partial charge in [0.05, 0.1) is 12.0 Å². The second kappa shape index (κ2) is 8.39. The van der Waals surface area contributed by atoms with Crippen molar-refractivity contribution in [1.29, 1.82) is 0 Å². The van der Waals surface area contributed by atoms with Crippen LogP contribution in [0.2, 0.25) is 5.02 Å². The molecule has 25 heavy (non-hydrogen) atoms. The summed E-state index contributed by atoms with van der Waals surface area (Å²) >= 11 is 6.37. The molecule has 2 aromatic rings. The number of hydrogen-bond donors (Lipinski definition) is 0. The van der Waals surface area contributed by atoms with Crippen molar-refractivity contribution in [3.63, 3.8) is 0 Å². The van der Waals surface area contributed by atoms with Crippen molar-refractivity contribution >= 4 is 23.6 Å². The van der Waals surface area contributed by atoms with Crippen LogP contribution in [-0.2, 0) is 0 Å². The third-order valence-electron chi connectivity index (χ3n) is 4.21. The predicted molar refractivity (Wildman–Crippen MR) is 108 cm³/mol. The highest BCUT2D eigenvalue weighted by Gasteiger charge is 2.10. The molecule has 2 aromatic carbocycles. The van der Waals surface area contributed by atoms with Crippen LogP contribution in [0.15, 0.2) is 35.3 Å². The van der Waals surface area contributed by atoms with Gasteiger partial charge in [-0.3, -0.25) is 0 Å². The number of rotatable bonds is 6. The van der Waals surface area contributed by atoms with Gasteiger partial charge in [0.15, 0.2) is 0 Å². The van der Waals surface area contributed by atoms with Crippen molar-refractivity contribution in [3.8, 4) is 11.5 Å². The molecule has 0 spiro atoms. The lowest BCUT2D eigenvalue weighted by atomic mass is 10.0. The Kier molecular flexibility index (Phi) is 6.49. The first-order valence-corrected chi connectivity index (χ1v) is 9.02. The third-order valence-corrected chi connectivity index (χ3v) is 4.54. The zero-order chi connectivity index (χ0) is 18.6. The largest absolute Gasteiger partial charge is 0.457 e. The van der Waals surface area contributed by atoms with Crippen LogP contribution in [-0.4, -0.2) is 24.8 Å². The number of nitrogens with zero attached hydrogens (tertiary/aromatic N) is 2. The van der Waals surface area contributed by atoms with Gasteiger partial charge >= 0.3 is 0 Å². The maximum absolute atomic E-state index is 6.37. The first kappa shape index (κ1) is 19.3. The Labute approximate surface area is 156 Å². The maximum atomic E-state index is 6.37. The minimum atomic E-state index is 0.393. The fourth-order valence-electron chi connectivity index (χ4n) is 2.43. The third kappa shape index (κ3) is 4.99. The lowest BCUT2D eigenvalue weighted by Gasteiger charge is -2.14. The molecule has 0 aromatic heterocycles. The van der Waals surface area contributed by atoms with E-state index >= 15 is 0 Å². The fourth-order valence-corrected chi connectivity index (χ4v) is 2.82. The lowest BCUT2D eigenvalue weighted by Crippen LogP contribution is -2.14. The number of aliphatic imine (C=N–C) groups is 1. The van der Waals surface area contributed by atoms with Crippen LogP contribution in [0.3, 0.4) is 0 Å². The quantitative estimate of drug-likeness (QED) is 0.435. The van der Waals surface area contributed by atoms with E-state index in [1.54, 1.807) is 0 Å². The summed E-state index contributed by atoms with van der Waals surface area (Å²) in [6, 6.07) is 9.96. The minimum absolute atomic E-state index is 0.393. The monoisotopic (exact) mass is 358 g/mol. The topological polar surface area (TPSA) is 24.8 Å². The van der Waals surface area contributed by atoms with Crippen molar-refractivity contribution in [2.75, 3.05) is 13.6 Å². The van der Waals surface area contributed by atoms with E-state index in [1.807, 2.05) is 56.4 Å². The molecule has 0 atom stereocenters. The van der Waals surface area contributed by atoms with E-state index in [1.165, 1.54) is 0 Å². The van der Waals surface area contributed by atoms with E-state index in [4.69, 9.17) is 16.3 Å². The van der Waals surface area contributed by atoms with Crippen molar-refractivity contribution in [2.24, 2.45) is 4.99 Å². The number of hydrogen-bond acceptors (Lipinski definition) is 2. The molecule has 2 rings (SSSR count). The first-order chi connectivity index (χ1) is 11.8. The summed E-state index contributed by atoms with van der Waals surface area (Å²) in [7, 11) is 2.01. The molecule has 0 aliphatic carbocycles. The normalized spacial score (nSPS) is 11.4. The molecule has 0 amide bonds. The molecule has 0 aliphatic heterocycles. The van der Waals surface area contributed by atoms with Gasteiger partial charge in [-0.25, -0.2) is 4.99 Å². The van der Waals surface area contributed by atoms with Crippen molar-refractivity contribution in [1.82, 2.24) is 4.90 Å². The Bertz CT molecular complexity index is 769. The van der Waals surface area contributed by atoms with E-state index in [2.05, 4.69) is 31.8 Å². The fraction of sp³-hybridized carbons (Fsp3) is 0.381. The highest BCUT2D eigenvalue weighted by Crippen LogP contribution is 2.34. The van der Waals surface area contributed by atoms with Crippen LogP contribution in [0.1, 0.15) is 43.4 Å². The van der Waals surface area contributed by atoms with Gasteiger partial charge in [-0.2, -0.15) is 0 Å². The standard InChI is InChI=1S/C21H27ClN2O/c1-7-24(6)13-23-20-10-16(5)21(11-15(20)4)25-17-8-9-18(14(2)3)19(22)12-17/h8-14H,7H2,1-6H3. The molecule has 134 valence electrons. The smallest absolute Gasteiger partial charge is 0.130 e. The molecule has 0 fully saturated rings. The summed E-state index contributed by atoms with van der Waals surface area (Å²) in [6.07, 6.45) is 1.85. The number of halogens is 1. The Morgan fingerprint density at radius 1 is 1.16 bits per heavy atom. The molecule has 0 aliphatic rings. The Balaban J connectivity index is 2.25. The predicted octanol–water partition coefficient (Wildman–Crippen LogP) is 6.48. The van der Waals surface area contributed by atoms with Gasteiger partial charge in [0.25, 0.3) is 0 Å². The molecule has 0 heterocycles. The summed E-state index contributed by atoms with van der Waals surface area (Å²) in [5.74, 6) is 1.97. The molecule has 0 N–H and O–H groups in total. The average Bonchev–Trinajstić information content (AvgIpc) is 2.56. The Hall–Kier alpha value is -2.00. The van der Waals surface area contributed by atoms with Gasteiger partial charge in [-0.15, -0.1) is 0 Å². The van der Waals surface area contributed by atoms with Gasteiger partial charge in [0.2, 0.25) is 0 Å². The zero-order valence-corrected chi connectivity index (χ0v) is 16.7. The second-order valence-corrected chi connectivity index (χ2v) is 7.07. The van der Waals surface area contributed by atoms with Gasteiger partial charge < -0.3 is 9.64 Å². The number of benzene rings is 2. The lowest BCUT2D eigenvalue weighted by molar-refractivity contribution is 0.478. The maximum Gasteiger partial charge on any atom is 0.130 e. The summed E-state index contributed by atoms with van der Waals surface area (Å²) in [4.78, 5) is 6.59. The highest BCUT2D eigenvalue weighted by molar-refractivity contribution is 6.31. The van der Waals surface area contributed by atoms with Gasteiger partial charge in [-0.05, 0) is 67.6 Å². The molecular formula is C21H27ClN2O. The van der Waals surface area contributed by atoms with Gasteiger partial charge in [-0.1, -0.05) is 31.5 Å². The molecule has 0 radical (unpaired) electrons. The Morgan fingerprint density at radius 3 is 2.48 bits per heavy atom. The molecule has 0 saturated carbocycles. The van der Waals surface area contributed by atoms with Crippen LogP contribution in [0.25, 0.3) is 0 Å². The highest BCUT2D eigenvalue weighted by atomic mass is 35.5. The Morgan fingerprint density at radius 2 is 1.88 bits per heavy atom. The van der Waals surface area contributed by atoms with Crippen LogP contribution < -0.4 is 4.74 Å². The van der Waals surface area contributed by atoms with Crippen molar-refractivity contribution in [2.45, 2.75) is 40.5 Å². The van der Waals surface area contributed by atoms with E-state index in [0.29, 0.717) is 5.92 Å². The molecule has 0 bridgehead atoms. The number of aryl methyl sites for hydroxylation is 2. The van der Waals surface area contributed by atoms with E-state index in [9.17, 15) is 0 Å². The molecule has 0 unspecified atom stereocenters.